The molecule has 1 aliphatic heterocycles. The highest BCUT2D eigenvalue weighted by Gasteiger charge is 2.63. The fraction of sp³-hybridized carbons (Fsp3) is 0.517. The summed E-state index contributed by atoms with van der Waals surface area (Å²) in [6, 6.07) is 6.43. The van der Waals surface area contributed by atoms with Crippen LogP contribution in [0.15, 0.2) is 49.3 Å². The molecule has 220 valence electrons. The van der Waals surface area contributed by atoms with Crippen LogP contribution < -0.4 is 14.8 Å². The number of pyridine rings is 1. The van der Waals surface area contributed by atoms with E-state index in [0.29, 0.717) is 18.6 Å². The number of nitrogens with one attached hydrogen (secondary N) is 2. The number of carbonyl (C=O) groups is 3. The van der Waals surface area contributed by atoms with E-state index in [9.17, 15) is 22.8 Å². The van der Waals surface area contributed by atoms with Crippen molar-refractivity contribution in [1.29, 1.82) is 0 Å². The summed E-state index contributed by atoms with van der Waals surface area (Å²) in [5.41, 5.74) is -2.28. The molecule has 2 saturated carbocycles. The van der Waals surface area contributed by atoms with Crippen LogP contribution in [-0.2, 0) is 24.3 Å². The maximum atomic E-state index is 13.7. The SMILES string of the molecule is C=C[C@@H]1C[C@]1(NC(=O)[C@@H]1C[C@@H](Oc2cccc3ccncc23)CN1C(=O)OC(C)(C)C)C(=O)NS(=O)(=O)C1(C)CC1. The topological polar surface area (TPSA) is 144 Å². The number of sulfonamides is 1. The molecule has 3 amide bonds. The molecule has 11 nitrogen and oxygen atoms in total. The van der Waals surface area contributed by atoms with Crippen molar-refractivity contribution in [2.45, 2.75) is 81.4 Å². The molecule has 0 unspecified atom stereocenters. The number of benzene rings is 1. The van der Waals surface area contributed by atoms with E-state index in [2.05, 4.69) is 21.6 Å². The van der Waals surface area contributed by atoms with Gasteiger partial charge in [-0.25, -0.2) is 13.2 Å². The van der Waals surface area contributed by atoms with Crippen molar-refractivity contribution in [1.82, 2.24) is 19.9 Å². The minimum atomic E-state index is -3.92. The van der Waals surface area contributed by atoms with Gasteiger partial charge in [-0.15, -0.1) is 6.58 Å². The minimum absolute atomic E-state index is 0.0699. The fourth-order valence-corrected chi connectivity index (χ4v) is 6.45. The molecule has 3 aliphatic rings. The van der Waals surface area contributed by atoms with Gasteiger partial charge in [-0.2, -0.15) is 0 Å². The van der Waals surface area contributed by atoms with Crippen LogP contribution in [0.25, 0.3) is 10.8 Å². The number of nitrogens with zero attached hydrogens (tertiary/aromatic N) is 2. The van der Waals surface area contributed by atoms with E-state index in [-0.39, 0.29) is 19.4 Å². The molecule has 5 rings (SSSR count). The second-order valence-electron chi connectivity index (χ2n) is 12.4. The molecule has 0 spiro atoms. The third kappa shape index (κ3) is 5.61. The molecule has 2 N–H and O–H groups in total. The number of amides is 3. The molecule has 2 aliphatic carbocycles. The normalized spacial score (nSPS) is 26.6. The van der Waals surface area contributed by atoms with Crippen molar-refractivity contribution in [3.8, 4) is 5.75 Å². The van der Waals surface area contributed by atoms with Crippen LogP contribution in [-0.4, -0.2) is 70.8 Å². The van der Waals surface area contributed by atoms with Crippen LogP contribution in [0.1, 0.15) is 53.4 Å². The van der Waals surface area contributed by atoms with Crippen molar-refractivity contribution in [2.75, 3.05) is 6.54 Å². The molecular formula is C29H36N4O7S. The Balaban J connectivity index is 1.37. The Morgan fingerprint density at radius 1 is 1.20 bits per heavy atom. The molecule has 2 aromatic rings. The molecule has 12 heteroatoms. The molecule has 4 atom stereocenters. The molecule has 0 radical (unpaired) electrons. The maximum absolute atomic E-state index is 13.7. The number of carbonyl (C=O) groups excluding carboxylic acids is 3. The zero-order chi connectivity index (χ0) is 29.8. The molecule has 3 fully saturated rings. The maximum Gasteiger partial charge on any atom is 0.411 e. The van der Waals surface area contributed by atoms with E-state index in [4.69, 9.17) is 9.47 Å². The van der Waals surface area contributed by atoms with Gasteiger partial charge < -0.3 is 14.8 Å². The third-order valence-electron chi connectivity index (χ3n) is 8.01. The van der Waals surface area contributed by atoms with Gasteiger partial charge in [0, 0.05) is 30.1 Å². The van der Waals surface area contributed by atoms with Gasteiger partial charge in [0.15, 0.2) is 0 Å². The Kier molecular flexibility index (Phi) is 7.04. The lowest BCUT2D eigenvalue weighted by Gasteiger charge is -2.29. The predicted molar refractivity (Wildman–Crippen MR) is 151 cm³/mol. The van der Waals surface area contributed by atoms with Crippen LogP contribution in [0.4, 0.5) is 4.79 Å². The lowest BCUT2D eigenvalue weighted by atomic mass is 10.1. The largest absolute Gasteiger partial charge is 0.488 e. The zero-order valence-corrected chi connectivity index (χ0v) is 24.5. The first-order valence-electron chi connectivity index (χ1n) is 13.7. The summed E-state index contributed by atoms with van der Waals surface area (Å²) >= 11 is 0. The zero-order valence-electron chi connectivity index (χ0n) is 23.7. The number of ether oxygens (including phenoxy) is 2. The Morgan fingerprint density at radius 2 is 1.93 bits per heavy atom. The second kappa shape index (κ2) is 10.0. The number of rotatable bonds is 8. The standard InChI is InChI=1S/C29H36N4O7S/c1-6-19-15-29(19,25(35)32-41(37,38)28(5)11-12-28)31-24(34)22-14-20(17-33(22)26(36)40-27(2,3)4)39-23-9-7-8-18-10-13-30-16-21(18)23/h6-10,13,16,19-20,22H,1,11-12,14-15,17H2,2-5H3,(H,31,34)(H,32,35)/t19-,20-,22+,29-/m1/s1. The Hall–Kier alpha value is -3.67. The van der Waals surface area contributed by atoms with E-state index < -0.39 is 61.9 Å². The van der Waals surface area contributed by atoms with Crippen LogP contribution in [0.5, 0.6) is 5.75 Å². The van der Waals surface area contributed by atoms with Crippen molar-refractivity contribution >= 4 is 38.7 Å². The van der Waals surface area contributed by atoms with Crippen LogP contribution in [0.2, 0.25) is 0 Å². The first-order chi connectivity index (χ1) is 19.2. The highest BCUT2D eigenvalue weighted by molar-refractivity contribution is 7.91. The Bertz CT molecular complexity index is 1510. The summed E-state index contributed by atoms with van der Waals surface area (Å²) in [5.74, 6) is -1.30. The van der Waals surface area contributed by atoms with Gasteiger partial charge in [0.1, 0.15) is 29.0 Å². The minimum Gasteiger partial charge on any atom is -0.488 e. The van der Waals surface area contributed by atoms with E-state index in [1.807, 2.05) is 18.2 Å². The summed E-state index contributed by atoms with van der Waals surface area (Å²) in [6.45, 7) is 10.6. The first kappa shape index (κ1) is 28.8. The molecule has 41 heavy (non-hydrogen) atoms. The summed E-state index contributed by atoms with van der Waals surface area (Å²) in [4.78, 5) is 45.7. The number of aromatic nitrogens is 1. The molecule has 1 aromatic carbocycles. The van der Waals surface area contributed by atoms with Gasteiger partial charge >= 0.3 is 6.09 Å². The summed E-state index contributed by atoms with van der Waals surface area (Å²) in [6.07, 6.45) is 4.89. The number of likely N-dealkylation sites (tertiary alicyclic amines) is 1. The van der Waals surface area contributed by atoms with Crippen molar-refractivity contribution in [2.24, 2.45) is 5.92 Å². The predicted octanol–water partition coefficient (Wildman–Crippen LogP) is 3.05. The monoisotopic (exact) mass is 584 g/mol. The average Bonchev–Trinajstić information content (AvgIpc) is 3.78. The van der Waals surface area contributed by atoms with Gasteiger partial charge in [0.2, 0.25) is 15.9 Å². The van der Waals surface area contributed by atoms with E-state index in [1.54, 1.807) is 46.2 Å². The highest BCUT2D eigenvalue weighted by atomic mass is 32.2. The first-order valence-corrected chi connectivity index (χ1v) is 15.2. The summed E-state index contributed by atoms with van der Waals surface area (Å²) < 4.78 is 38.6. The van der Waals surface area contributed by atoms with Gasteiger partial charge in [-0.05, 0) is 64.5 Å². The van der Waals surface area contributed by atoms with Crippen molar-refractivity contribution < 1.29 is 32.3 Å². The number of fused-ring (bicyclic) bond motifs is 1. The van der Waals surface area contributed by atoms with Crippen molar-refractivity contribution in [3.05, 3.63) is 49.3 Å². The summed E-state index contributed by atoms with van der Waals surface area (Å²) in [5, 5.41) is 4.49. The molecule has 1 aromatic heterocycles. The van der Waals surface area contributed by atoms with Gasteiger partial charge in [-0.3, -0.25) is 24.2 Å². The highest BCUT2D eigenvalue weighted by Crippen LogP contribution is 2.47. The Labute approximate surface area is 239 Å². The van der Waals surface area contributed by atoms with Crippen LogP contribution in [0.3, 0.4) is 0 Å². The second-order valence-corrected chi connectivity index (χ2v) is 14.6. The molecule has 0 bridgehead atoms. The van der Waals surface area contributed by atoms with E-state index in [1.165, 1.54) is 11.0 Å². The van der Waals surface area contributed by atoms with Crippen LogP contribution in [0, 0.1) is 5.92 Å². The smallest absolute Gasteiger partial charge is 0.411 e. The molecular weight excluding hydrogens is 548 g/mol. The summed E-state index contributed by atoms with van der Waals surface area (Å²) in [7, 11) is -3.92. The average molecular weight is 585 g/mol. The van der Waals surface area contributed by atoms with E-state index in [0.717, 1.165) is 10.8 Å². The fourth-order valence-electron chi connectivity index (χ4n) is 5.14. The third-order valence-corrected chi connectivity index (χ3v) is 10.2. The number of hydrogen-bond acceptors (Lipinski definition) is 8. The lowest BCUT2D eigenvalue weighted by Crippen LogP contribution is -2.57. The van der Waals surface area contributed by atoms with Gasteiger partial charge in [0.05, 0.1) is 11.3 Å². The molecule has 1 saturated heterocycles. The van der Waals surface area contributed by atoms with Gasteiger partial charge in [0.25, 0.3) is 5.91 Å². The van der Waals surface area contributed by atoms with Gasteiger partial charge in [-0.1, -0.05) is 18.2 Å². The van der Waals surface area contributed by atoms with Crippen molar-refractivity contribution in [3.63, 3.8) is 0 Å². The quantitative estimate of drug-likeness (QED) is 0.451. The lowest BCUT2D eigenvalue weighted by molar-refractivity contribution is -0.131. The van der Waals surface area contributed by atoms with E-state index >= 15 is 0 Å². The Morgan fingerprint density at radius 3 is 2.56 bits per heavy atom. The number of hydrogen-bond donors (Lipinski definition) is 2. The molecule has 2 heterocycles. The van der Waals surface area contributed by atoms with Crippen LogP contribution >= 0.6 is 0 Å².